The van der Waals surface area contributed by atoms with E-state index in [0.29, 0.717) is 6.42 Å². The molecule has 0 aromatic rings. The van der Waals surface area contributed by atoms with Crippen LogP contribution in [-0.4, -0.2) is 109 Å². The summed E-state index contributed by atoms with van der Waals surface area (Å²) in [4.78, 5) is 51.1. The minimum Gasteiger partial charge on any atom is -0.478 e. The predicted octanol–water partition coefficient (Wildman–Crippen LogP) is -1.41. The number of esters is 1. The number of nitrogens with one attached hydrogen (secondary N) is 2. The standard InChI is InChI=1S/C21H34N4O12/c1-4-6-14(28)35-7-8-36-21(32)25-19(22)23-11-9-13(18(29)30)37-17(15(11)24-20(31)33-3)16(34-5-2)12(27)10-26/h9,11-12,15-17,26-27H,4-8,10H2,1-3H3,(H,24,31)(H,29,30)(H3,22,23,25,32)/t11-,12-,15-,16?,17+/m1/s1. The monoisotopic (exact) mass is 534 g/mol. The zero-order valence-corrected chi connectivity index (χ0v) is 20.7. The Kier molecular flexibility index (Phi) is 13.7. The molecule has 0 aromatic carbocycles. The van der Waals surface area contributed by atoms with Gasteiger partial charge in [-0.3, -0.25) is 10.1 Å². The van der Waals surface area contributed by atoms with Crippen molar-refractivity contribution in [3.05, 3.63) is 11.8 Å². The largest absolute Gasteiger partial charge is 0.478 e. The first-order chi connectivity index (χ1) is 17.6. The van der Waals surface area contributed by atoms with Crippen LogP contribution in [0.4, 0.5) is 9.59 Å². The number of ether oxygens (including phenoxy) is 5. The minimum atomic E-state index is -1.53. The van der Waals surface area contributed by atoms with Crippen molar-refractivity contribution in [1.29, 1.82) is 0 Å². The number of carboxylic acids is 1. The highest BCUT2D eigenvalue weighted by molar-refractivity contribution is 5.93. The lowest BCUT2D eigenvalue weighted by Crippen LogP contribution is -2.60. The zero-order valence-electron chi connectivity index (χ0n) is 20.7. The van der Waals surface area contributed by atoms with E-state index in [1.54, 1.807) is 13.8 Å². The van der Waals surface area contributed by atoms with E-state index < -0.39 is 72.8 Å². The second-order valence-electron chi connectivity index (χ2n) is 7.49. The van der Waals surface area contributed by atoms with Gasteiger partial charge in [-0.1, -0.05) is 6.92 Å². The summed E-state index contributed by atoms with van der Waals surface area (Å²) in [6, 6.07) is -2.50. The number of hydrogen-bond donors (Lipinski definition) is 6. The summed E-state index contributed by atoms with van der Waals surface area (Å²) in [5.41, 5.74) is 5.78. The smallest absolute Gasteiger partial charge is 0.414 e. The molecule has 0 aliphatic carbocycles. The van der Waals surface area contributed by atoms with Crippen molar-refractivity contribution in [3.63, 3.8) is 0 Å². The van der Waals surface area contributed by atoms with E-state index in [1.165, 1.54) is 0 Å². The van der Waals surface area contributed by atoms with Gasteiger partial charge in [0.15, 0.2) is 12.1 Å². The van der Waals surface area contributed by atoms with Crippen LogP contribution in [0.15, 0.2) is 16.8 Å². The third kappa shape index (κ3) is 10.5. The molecule has 1 unspecified atom stereocenters. The number of carbonyl (C=O) groups excluding carboxylic acids is 3. The summed E-state index contributed by atoms with van der Waals surface area (Å²) < 4.78 is 25.2. The average molecular weight is 535 g/mol. The second-order valence-corrected chi connectivity index (χ2v) is 7.49. The van der Waals surface area contributed by atoms with Gasteiger partial charge >= 0.3 is 24.1 Å². The minimum absolute atomic E-state index is 0.0376. The Morgan fingerprint density at radius 3 is 2.43 bits per heavy atom. The van der Waals surface area contributed by atoms with Gasteiger partial charge in [0.05, 0.1) is 25.8 Å². The Morgan fingerprint density at radius 1 is 1.19 bits per heavy atom. The number of amides is 2. The van der Waals surface area contributed by atoms with Gasteiger partial charge in [-0.05, 0) is 19.4 Å². The summed E-state index contributed by atoms with van der Waals surface area (Å²) in [6.45, 7) is 2.23. The number of hydrogen-bond acceptors (Lipinski definition) is 12. The number of aliphatic imine (C=N–C) groups is 1. The molecule has 0 fully saturated rings. The van der Waals surface area contributed by atoms with Crippen LogP contribution in [0.25, 0.3) is 0 Å². The lowest BCUT2D eigenvalue weighted by atomic mass is 9.92. The first-order valence-corrected chi connectivity index (χ1v) is 11.4. The highest BCUT2D eigenvalue weighted by Gasteiger charge is 2.45. The van der Waals surface area contributed by atoms with E-state index in [1.807, 2.05) is 0 Å². The van der Waals surface area contributed by atoms with E-state index >= 15 is 0 Å². The van der Waals surface area contributed by atoms with Crippen molar-refractivity contribution in [1.82, 2.24) is 10.6 Å². The summed E-state index contributed by atoms with van der Waals surface area (Å²) in [5.74, 6) is -3.07. The maximum absolute atomic E-state index is 12.0. The van der Waals surface area contributed by atoms with E-state index in [0.717, 1.165) is 13.2 Å². The van der Waals surface area contributed by atoms with Crippen molar-refractivity contribution in [2.24, 2.45) is 10.7 Å². The Labute approximate surface area is 212 Å². The molecule has 1 rings (SSSR count). The fourth-order valence-corrected chi connectivity index (χ4v) is 3.21. The highest BCUT2D eigenvalue weighted by atomic mass is 16.6. The molecule has 5 atom stereocenters. The lowest BCUT2D eigenvalue weighted by Gasteiger charge is -2.40. The fraction of sp³-hybridized carbons (Fsp3) is 0.667. The Hall–Kier alpha value is -3.63. The van der Waals surface area contributed by atoms with Crippen LogP contribution >= 0.6 is 0 Å². The number of aliphatic hydroxyl groups excluding tert-OH is 2. The normalized spacial score (nSPS) is 20.9. The molecule has 0 saturated heterocycles. The number of alkyl carbamates (subject to hydrolysis) is 2. The van der Waals surface area contributed by atoms with E-state index in [-0.39, 0.29) is 26.2 Å². The lowest BCUT2D eigenvalue weighted by molar-refractivity contribution is -0.151. The molecule has 37 heavy (non-hydrogen) atoms. The van der Waals surface area contributed by atoms with Gasteiger partial charge < -0.3 is 50.1 Å². The molecular weight excluding hydrogens is 500 g/mol. The van der Waals surface area contributed by atoms with Crippen LogP contribution in [0.2, 0.25) is 0 Å². The number of aliphatic carboxylic acids is 1. The first kappa shape index (κ1) is 31.4. The molecule has 7 N–H and O–H groups in total. The Morgan fingerprint density at radius 2 is 1.86 bits per heavy atom. The molecule has 2 amide bonds. The molecule has 1 heterocycles. The molecule has 16 nitrogen and oxygen atoms in total. The summed E-state index contributed by atoms with van der Waals surface area (Å²) in [5, 5.41) is 33.7. The SMILES string of the molecule is CCCC(=O)OCCOC(=O)NC(N)=N[C@@H]1C=C(C(=O)O)O[C@H](C(OCC)[C@H](O)CO)[C@@H]1NC(=O)OC. The van der Waals surface area contributed by atoms with E-state index in [9.17, 15) is 34.5 Å². The molecule has 0 bridgehead atoms. The van der Waals surface area contributed by atoms with E-state index in [4.69, 9.17) is 24.7 Å². The third-order valence-corrected chi connectivity index (χ3v) is 4.79. The highest BCUT2D eigenvalue weighted by Crippen LogP contribution is 2.26. The van der Waals surface area contributed by atoms with Gasteiger partial charge in [0, 0.05) is 13.0 Å². The fourth-order valence-electron chi connectivity index (χ4n) is 3.21. The van der Waals surface area contributed by atoms with Crippen molar-refractivity contribution in [2.45, 2.75) is 57.1 Å². The summed E-state index contributed by atoms with van der Waals surface area (Å²) in [6.07, 6.45) is -4.38. The number of nitrogens with zero attached hydrogens (tertiary/aromatic N) is 1. The topological polar surface area (TPSA) is 238 Å². The maximum atomic E-state index is 12.0. The molecule has 0 aromatic heterocycles. The molecule has 0 spiro atoms. The van der Waals surface area contributed by atoms with Crippen molar-refractivity contribution in [3.8, 4) is 0 Å². The first-order valence-electron chi connectivity index (χ1n) is 11.4. The molecule has 1 aliphatic heterocycles. The maximum Gasteiger partial charge on any atom is 0.414 e. The van der Waals surface area contributed by atoms with Crippen LogP contribution in [0.5, 0.6) is 0 Å². The summed E-state index contributed by atoms with van der Waals surface area (Å²) >= 11 is 0. The average Bonchev–Trinajstić information content (AvgIpc) is 2.85. The molecule has 0 radical (unpaired) electrons. The van der Waals surface area contributed by atoms with Crippen LogP contribution in [0, 0.1) is 0 Å². The van der Waals surface area contributed by atoms with Gasteiger partial charge in [-0.15, -0.1) is 0 Å². The second kappa shape index (κ2) is 16.2. The van der Waals surface area contributed by atoms with Crippen LogP contribution in [-0.2, 0) is 33.3 Å². The van der Waals surface area contributed by atoms with Gasteiger partial charge in [0.2, 0.25) is 5.76 Å². The molecule has 210 valence electrons. The number of methoxy groups -OCH3 is 1. The van der Waals surface area contributed by atoms with Crippen molar-refractivity contribution >= 4 is 30.1 Å². The molecule has 16 heteroatoms. The Balaban J connectivity index is 3.13. The number of aliphatic hydroxyl groups is 2. The van der Waals surface area contributed by atoms with Gasteiger partial charge in [-0.25, -0.2) is 19.4 Å². The van der Waals surface area contributed by atoms with E-state index in [2.05, 4.69) is 20.4 Å². The predicted molar refractivity (Wildman–Crippen MR) is 124 cm³/mol. The Bertz CT molecular complexity index is 849. The quantitative estimate of drug-likeness (QED) is 0.0524. The zero-order chi connectivity index (χ0) is 28.0. The number of guanidine groups is 1. The number of nitrogens with two attached hydrogens (primary N) is 1. The van der Waals surface area contributed by atoms with Crippen LogP contribution in [0.1, 0.15) is 26.7 Å². The molecule has 0 saturated carbocycles. The van der Waals surface area contributed by atoms with Gasteiger partial charge in [0.25, 0.3) is 0 Å². The van der Waals surface area contributed by atoms with Crippen molar-refractivity contribution in [2.75, 3.05) is 33.5 Å². The van der Waals surface area contributed by atoms with Crippen LogP contribution < -0.4 is 16.4 Å². The number of rotatable bonds is 13. The molecular formula is C21H34N4O12. The number of carboxylic acid groups (broad SMARTS) is 1. The summed E-state index contributed by atoms with van der Waals surface area (Å²) in [7, 11) is 1.08. The third-order valence-electron chi connectivity index (χ3n) is 4.79. The molecule has 1 aliphatic rings. The van der Waals surface area contributed by atoms with Gasteiger partial charge in [-0.2, -0.15) is 0 Å². The number of carbonyl (C=O) groups is 4. The van der Waals surface area contributed by atoms with Gasteiger partial charge in [0.1, 0.15) is 25.4 Å². The van der Waals surface area contributed by atoms with Crippen LogP contribution in [0.3, 0.4) is 0 Å². The van der Waals surface area contributed by atoms with Crippen molar-refractivity contribution < 1.29 is 58.2 Å².